The third-order valence-corrected chi connectivity index (χ3v) is 12.1. The third kappa shape index (κ3) is 5.32. The van der Waals surface area contributed by atoms with Gasteiger partial charge >= 0.3 is 0 Å². The van der Waals surface area contributed by atoms with Gasteiger partial charge in [-0.3, -0.25) is 0 Å². The van der Waals surface area contributed by atoms with Gasteiger partial charge in [0.1, 0.15) is 11.2 Å². The van der Waals surface area contributed by atoms with Gasteiger partial charge in [0.25, 0.3) is 0 Å². The Kier molecular flexibility index (Phi) is 7.39. The summed E-state index contributed by atoms with van der Waals surface area (Å²) in [5, 5.41) is 7.34. The number of hydrogen-bond donors (Lipinski definition) is 0. The molecule has 0 amide bonds. The fourth-order valence-electron chi connectivity index (χ4n) is 8.24. The molecule has 258 valence electrons. The number of para-hydroxylation sites is 3. The van der Waals surface area contributed by atoms with Gasteiger partial charge < -0.3 is 9.32 Å². The Morgan fingerprint density at radius 3 is 1.96 bits per heavy atom. The van der Waals surface area contributed by atoms with Crippen LogP contribution >= 0.6 is 11.3 Å². The summed E-state index contributed by atoms with van der Waals surface area (Å²) in [7, 11) is 0. The van der Waals surface area contributed by atoms with Gasteiger partial charge in [-0.2, -0.15) is 0 Å². The summed E-state index contributed by atoms with van der Waals surface area (Å²) in [5.41, 5.74) is 12.0. The lowest BCUT2D eigenvalue weighted by molar-refractivity contribution is 0.670. The van der Waals surface area contributed by atoms with Gasteiger partial charge in [0.05, 0.1) is 5.69 Å². The first kappa shape index (κ1) is 31.6. The van der Waals surface area contributed by atoms with E-state index in [1.165, 1.54) is 53.2 Å². The van der Waals surface area contributed by atoms with E-state index in [-0.39, 0.29) is 0 Å². The second kappa shape index (κ2) is 12.9. The predicted molar refractivity (Wildman–Crippen MR) is 235 cm³/mol. The molecule has 2 nitrogen and oxygen atoms in total. The molecule has 55 heavy (non-hydrogen) atoms. The van der Waals surface area contributed by atoms with E-state index < -0.39 is 0 Å². The normalized spacial score (nSPS) is 11.6. The Bertz CT molecular complexity index is 3220. The maximum absolute atomic E-state index is 6.60. The molecule has 11 rings (SSSR count). The van der Waals surface area contributed by atoms with Crippen LogP contribution in [0.25, 0.3) is 86.3 Å². The molecule has 0 saturated carbocycles. The van der Waals surface area contributed by atoms with Crippen molar-refractivity contribution in [2.75, 3.05) is 4.90 Å². The van der Waals surface area contributed by atoms with Crippen LogP contribution in [0.4, 0.5) is 17.1 Å². The second-order valence-electron chi connectivity index (χ2n) is 14.1. The number of hydrogen-bond acceptors (Lipinski definition) is 3. The van der Waals surface area contributed by atoms with Crippen molar-refractivity contribution in [3.05, 3.63) is 200 Å². The molecule has 0 radical (unpaired) electrons. The van der Waals surface area contributed by atoms with E-state index >= 15 is 0 Å². The Morgan fingerprint density at radius 1 is 0.382 bits per heavy atom. The van der Waals surface area contributed by atoms with Gasteiger partial charge in [-0.1, -0.05) is 152 Å². The molecule has 0 aliphatic carbocycles. The molecule has 0 aliphatic heterocycles. The van der Waals surface area contributed by atoms with Crippen molar-refractivity contribution in [2.24, 2.45) is 0 Å². The number of rotatable bonds is 6. The summed E-state index contributed by atoms with van der Waals surface area (Å²) in [6.45, 7) is 0. The molecule has 0 fully saturated rings. The monoisotopic (exact) mass is 719 g/mol. The Balaban J connectivity index is 1.10. The van der Waals surface area contributed by atoms with Crippen molar-refractivity contribution < 1.29 is 4.42 Å². The molecular weight excluding hydrogens is 687 g/mol. The molecule has 0 aliphatic rings. The predicted octanol–water partition coefficient (Wildman–Crippen LogP) is 15.6. The average Bonchev–Trinajstić information content (AvgIpc) is 3.83. The van der Waals surface area contributed by atoms with Crippen LogP contribution in [0.2, 0.25) is 0 Å². The van der Waals surface area contributed by atoms with Crippen molar-refractivity contribution in [3.8, 4) is 33.4 Å². The van der Waals surface area contributed by atoms with Gasteiger partial charge in [-0.25, -0.2) is 0 Å². The highest BCUT2D eigenvalue weighted by Gasteiger charge is 2.21. The van der Waals surface area contributed by atoms with Gasteiger partial charge in [0.2, 0.25) is 0 Å². The van der Waals surface area contributed by atoms with Crippen LogP contribution in [0, 0.1) is 0 Å². The summed E-state index contributed by atoms with van der Waals surface area (Å²) >= 11 is 1.87. The maximum Gasteiger partial charge on any atom is 0.143 e. The Labute approximate surface area is 322 Å². The van der Waals surface area contributed by atoms with Crippen LogP contribution < -0.4 is 4.90 Å². The average molecular weight is 720 g/mol. The van der Waals surface area contributed by atoms with Crippen molar-refractivity contribution in [3.63, 3.8) is 0 Å². The molecular formula is C52H33NOS. The molecule has 2 heterocycles. The highest BCUT2D eigenvalue weighted by molar-refractivity contribution is 7.26. The highest BCUT2D eigenvalue weighted by atomic mass is 32.1. The molecule has 3 heteroatoms. The zero-order chi connectivity index (χ0) is 36.3. The van der Waals surface area contributed by atoms with Crippen molar-refractivity contribution in [2.45, 2.75) is 0 Å². The van der Waals surface area contributed by atoms with Crippen LogP contribution in [0.1, 0.15) is 0 Å². The number of thiophene rings is 1. The van der Waals surface area contributed by atoms with Crippen molar-refractivity contribution in [1.82, 2.24) is 0 Å². The van der Waals surface area contributed by atoms with Crippen LogP contribution in [-0.2, 0) is 0 Å². The Morgan fingerprint density at radius 2 is 1.05 bits per heavy atom. The standard InChI is InChI=1S/C52H33NOS/c1-2-13-36-32-37(27-26-34(36)12-1)35-28-30-39(31-29-35)53(40-15-9-14-38(33-40)41-19-10-22-47-44-18-5-8-25-50(44)55-52(41)47)48-23-6-3-16-42(48)45-20-11-21-46-43-17-4-7-24-49(43)54-51(45)46/h1-33H. The molecule has 0 atom stereocenters. The maximum atomic E-state index is 6.60. The summed E-state index contributed by atoms with van der Waals surface area (Å²) in [6.07, 6.45) is 0. The first-order valence-corrected chi connectivity index (χ1v) is 19.5. The van der Waals surface area contributed by atoms with E-state index in [2.05, 4.69) is 199 Å². The lowest BCUT2D eigenvalue weighted by atomic mass is 9.98. The van der Waals surface area contributed by atoms with Gasteiger partial charge in [-0.15, -0.1) is 11.3 Å². The van der Waals surface area contributed by atoms with Gasteiger partial charge in [0, 0.05) is 53.4 Å². The molecule has 2 aromatic heterocycles. The molecule has 0 bridgehead atoms. The SMILES string of the molecule is c1cc(-c2cccc3c2sc2ccccc23)cc(N(c2ccc(-c3ccc4ccccc4c3)cc2)c2ccccc2-c2cccc3c2oc2ccccc23)c1. The quantitative estimate of drug-likeness (QED) is 0.170. The van der Waals surface area contributed by atoms with Crippen molar-refractivity contribution >= 4 is 81.3 Å². The molecule has 9 aromatic carbocycles. The molecule has 11 aromatic rings. The highest BCUT2D eigenvalue weighted by Crippen LogP contribution is 2.46. The zero-order valence-electron chi connectivity index (χ0n) is 29.8. The minimum Gasteiger partial charge on any atom is -0.455 e. The largest absolute Gasteiger partial charge is 0.455 e. The van der Waals surface area contributed by atoms with Crippen LogP contribution in [0.5, 0.6) is 0 Å². The third-order valence-electron chi connectivity index (χ3n) is 10.9. The van der Waals surface area contributed by atoms with Gasteiger partial charge in [-0.05, 0) is 81.6 Å². The summed E-state index contributed by atoms with van der Waals surface area (Å²) < 4.78 is 9.22. The summed E-state index contributed by atoms with van der Waals surface area (Å²) in [5.74, 6) is 0. The van der Waals surface area contributed by atoms with E-state index in [0.717, 1.165) is 50.1 Å². The molecule has 0 unspecified atom stereocenters. The van der Waals surface area contributed by atoms with E-state index in [4.69, 9.17) is 4.42 Å². The van der Waals surface area contributed by atoms with E-state index in [1.807, 2.05) is 17.4 Å². The fraction of sp³-hybridized carbons (Fsp3) is 0. The first-order valence-electron chi connectivity index (χ1n) is 18.7. The minimum absolute atomic E-state index is 0.895. The van der Waals surface area contributed by atoms with Crippen LogP contribution in [-0.4, -0.2) is 0 Å². The van der Waals surface area contributed by atoms with E-state index in [1.54, 1.807) is 0 Å². The van der Waals surface area contributed by atoms with E-state index in [0.29, 0.717) is 0 Å². The first-order chi connectivity index (χ1) is 27.3. The number of anilines is 3. The molecule has 0 saturated heterocycles. The van der Waals surface area contributed by atoms with E-state index in [9.17, 15) is 0 Å². The molecule has 0 spiro atoms. The fourth-order valence-corrected chi connectivity index (χ4v) is 9.48. The zero-order valence-corrected chi connectivity index (χ0v) is 30.6. The van der Waals surface area contributed by atoms with Crippen LogP contribution in [0.15, 0.2) is 205 Å². The van der Waals surface area contributed by atoms with Gasteiger partial charge in [0.15, 0.2) is 0 Å². The second-order valence-corrected chi connectivity index (χ2v) is 15.1. The van der Waals surface area contributed by atoms with Crippen molar-refractivity contribution in [1.29, 1.82) is 0 Å². The number of furan rings is 1. The smallest absolute Gasteiger partial charge is 0.143 e. The number of nitrogens with zero attached hydrogens (tertiary/aromatic N) is 1. The molecule has 0 N–H and O–H groups in total. The van der Waals surface area contributed by atoms with Crippen LogP contribution in [0.3, 0.4) is 0 Å². The number of benzene rings is 9. The lowest BCUT2D eigenvalue weighted by Gasteiger charge is -2.28. The Hall–Kier alpha value is -6.94. The number of fused-ring (bicyclic) bond motifs is 7. The summed E-state index contributed by atoms with van der Waals surface area (Å²) in [6, 6.07) is 72.2. The minimum atomic E-state index is 0.895. The topological polar surface area (TPSA) is 16.4 Å². The summed E-state index contributed by atoms with van der Waals surface area (Å²) in [4.78, 5) is 2.40. The lowest BCUT2D eigenvalue weighted by Crippen LogP contribution is -2.11.